The lowest BCUT2D eigenvalue weighted by atomic mass is 10.2. The van der Waals surface area contributed by atoms with E-state index in [0.29, 0.717) is 23.0 Å². The van der Waals surface area contributed by atoms with Gasteiger partial charge >= 0.3 is 0 Å². The van der Waals surface area contributed by atoms with Crippen LogP contribution in [0.4, 0.5) is 5.69 Å². The van der Waals surface area contributed by atoms with Gasteiger partial charge in [0.2, 0.25) is 5.91 Å². The summed E-state index contributed by atoms with van der Waals surface area (Å²) in [6.07, 6.45) is 1.38. The molecule has 0 bridgehead atoms. The van der Waals surface area contributed by atoms with Crippen LogP contribution in [-0.4, -0.2) is 39.3 Å². The normalized spacial score (nSPS) is 10.1. The fourth-order valence-corrected chi connectivity index (χ4v) is 2.17. The number of aromatic nitrogens is 3. The molecule has 0 unspecified atom stereocenters. The van der Waals surface area contributed by atoms with Crippen LogP contribution < -0.4 is 10.6 Å². The Labute approximate surface area is 125 Å². The predicted octanol–water partition coefficient (Wildman–Crippen LogP) is 1.29. The molecule has 110 valence electrons. The summed E-state index contributed by atoms with van der Waals surface area (Å²) in [5.74, 6) is -0.130. The number of nitrogens with one attached hydrogen (secondary N) is 3. The number of anilines is 1. The summed E-state index contributed by atoms with van der Waals surface area (Å²) in [5.41, 5.74) is 1.10. The highest BCUT2D eigenvalue weighted by atomic mass is 32.2. The van der Waals surface area contributed by atoms with Crippen molar-refractivity contribution in [2.75, 3.05) is 17.6 Å². The summed E-state index contributed by atoms with van der Waals surface area (Å²) < 4.78 is 0. The van der Waals surface area contributed by atoms with Crippen LogP contribution in [0.5, 0.6) is 0 Å². The van der Waals surface area contributed by atoms with Gasteiger partial charge in [0.15, 0.2) is 5.16 Å². The highest BCUT2D eigenvalue weighted by molar-refractivity contribution is 7.99. The first-order valence-corrected chi connectivity index (χ1v) is 7.34. The van der Waals surface area contributed by atoms with E-state index in [0.717, 1.165) is 0 Å². The van der Waals surface area contributed by atoms with Crippen molar-refractivity contribution in [3.8, 4) is 0 Å². The molecule has 1 heterocycles. The Hall–Kier alpha value is -2.35. The Morgan fingerprint density at radius 1 is 1.38 bits per heavy atom. The molecule has 21 heavy (non-hydrogen) atoms. The fourth-order valence-electron chi connectivity index (χ4n) is 1.60. The maximum absolute atomic E-state index is 11.8. The highest BCUT2D eigenvalue weighted by Crippen LogP contribution is 2.14. The molecule has 1 aromatic heterocycles. The third kappa shape index (κ3) is 4.60. The van der Waals surface area contributed by atoms with Crippen molar-refractivity contribution in [3.63, 3.8) is 0 Å². The largest absolute Gasteiger partial charge is 0.352 e. The van der Waals surface area contributed by atoms with E-state index in [9.17, 15) is 9.59 Å². The van der Waals surface area contributed by atoms with Crippen LogP contribution in [0.25, 0.3) is 0 Å². The molecule has 2 aromatic rings. The molecule has 0 radical (unpaired) electrons. The van der Waals surface area contributed by atoms with Gasteiger partial charge in [-0.2, -0.15) is 5.10 Å². The second-order valence-electron chi connectivity index (χ2n) is 4.07. The number of H-pyrrole nitrogens is 1. The van der Waals surface area contributed by atoms with Crippen molar-refractivity contribution < 1.29 is 9.59 Å². The van der Waals surface area contributed by atoms with Crippen LogP contribution in [-0.2, 0) is 4.79 Å². The topological polar surface area (TPSA) is 99.8 Å². The molecule has 8 heteroatoms. The molecule has 7 nitrogen and oxygen atoms in total. The number of hydrogen-bond acceptors (Lipinski definition) is 5. The molecule has 2 rings (SSSR count). The van der Waals surface area contributed by atoms with Crippen molar-refractivity contribution in [2.45, 2.75) is 12.1 Å². The van der Waals surface area contributed by atoms with Gasteiger partial charge in [0.05, 0.1) is 5.75 Å². The van der Waals surface area contributed by atoms with Gasteiger partial charge in [-0.25, -0.2) is 4.98 Å². The van der Waals surface area contributed by atoms with E-state index in [2.05, 4.69) is 25.8 Å². The first kappa shape index (κ1) is 15.0. The van der Waals surface area contributed by atoms with E-state index >= 15 is 0 Å². The van der Waals surface area contributed by atoms with Crippen molar-refractivity contribution in [2.24, 2.45) is 0 Å². The fraction of sp³-hybridized carbons (Fsp3) is 0.231. The van der Waals surface area contributed by atoms with Gasteiger partial charge in [0.1, 0.15) is 6.33 Å². The molecule has 0 atom stereocenters. The average Bonchev–Trinajstić information content (AvgIpc) is 2.99. The van der Waals surface area contributed by atoms with Gasteiger partial charge in [-0.3, -0.25) is 14.7 Å². The van der Waals surface area contributed by atoms with E-state index in [1.54, 1.807) is 24.3 Å². The number of carbonyl (C=O) groups excluding carboxylic acids is 2. The number of aromatic amines is 1. The van der Waals surface area contributed by atoms with E-state index in [1.807, 2.05) is 6.92 Å². The minimum absolute atomic E-state index is 0.162. The Balaban J connectivity index is 1.91. The van der Waals surface area contributed by atoms with E-state index in [4.69, 9.17) is 0 Å². The zero-order valence-electron chi connectivity index (χ0n) is 11.4. The molecule has 0 aliphatic rings. The Morgan fingerprint density at radius 2 is 2.24 bits per heavy atom. The lowest BCUT2D eigenvalue weighted by Gasteiger charge is -2.07. The average molecular weight is 305 g/mol. The van der Waals surface area contributed by atoms with Crippen LogP contribution in [0.15, 0.2) is 35.7 Å². The maximum Gasteiger partial charge on any atom is 0.251 e. The zero-order valence-corrected chi connectivity index (χ0v) is 12.2. The minimum atomic E-state index is -0.176. The molecule has 3 N–H and O–H groups in total. The molecule has 0 saturated carbocycles. The van der Waals surface area contributed by atoms with Gasteiger partial charge < -0.3 is 10.6 Å². The lowest BCUT2D eigenvalue weighted by molar-refractivity contribution is -0.113. The van der Waals surface area contributed by atoms with Gasteiger partial charge in [0.25, 0.3) is 5.91 Å². The van der Waals surface area contributed by atoms with Gasteiger partial charge in [-0.05, 0) is 25.1 Å². The first-order valence-electron chi connectivity index (χ1n) is 6.35. The number of benzene rings is 1. The standard InChI is InChI=1S/C13H15N5O2S/c1-2-14-12(20)9-4-3-5-10(6-9)17-11(19)7-21-13-15-8-16-18-13/h3-6,8H,2,7H2,1H3,(H,14,20)(H,17,19)(H,15,16,18). The van der Waals surface area contributed by atoms with Crippen LogP contribution in [0, 0.1) is 0 Å². The molecule has 0 aliphatic heterocycles. The molecule has 0 fully saturated rings. The van der Waals surface area contributed by atoms with Crippen molar-refractivity contribution in [1.82, 2.24) is 20.5 Å². The SMILES string of the molecule is CCNC(=O)c1cccc(NC(=O)CSc2ncn[nH]2)c1. The van der Waals surface area contributed by atoms with Crippen LogP contribution in [0.1, 0.15) is 17.3 Å². The maximum atomic E-state index is 11.8. The molecule has 2 amide bonds. The number of amides is 2. The summed E-state index contributed by atoms with van der Waals surface area (Å²) >= 11 is 1.25. The van der Waals surface area contributed by atoms with E-state index in [1.165, 1.54) is 18.1 Å². The Bertz CT molecular complexity index is 615. The smallest absolute Gasteiger partial charge is 0.251 e. The zero-order chi connectivity index (χ0) is 15.1. The molecular formula is C13H15N5O2S. The molecule has 0 spiro atoms. The summed E-state index contributed by atoms with van der Waals surface area (Å²) in [6.45, 7) is 2.41. The van der Waals surface area contributed by atoms with Gasteiger partial charge in [-0.1, -0.05) is 17.8 Å². The van der Waals surface area contributed by atoms with Crippen LogP contribution >= 0.6 is 11.8 Å². The van der Waals surface area contributed by atoms with Crippen molar-refractivity contribution in [1.29, 1.82) is 0 Å². The Morgan fingerprint density at radius 3 is 2.95 bits per heavy atom. The van der Waals surface area contributed by atoms with Crippen molar-refractivity contribution >= 4 is 29.3 Å². The number of thioether (sulfide) groups is 1. The van der Waals surface area contributed by atoms with Gasteiger partial charge in [-0.15, -0.1) is 0 Å². The molecular weight excluding hydrogens is 290 g/mol. The summed E-state index contributed by atoms with van der Waals surface area (Å²) in [6, 6.07) is 6.80. The summed E-state index contributed by atoms with van der Waals surface area (Å²) in [4.78, 5) is 27.5. The first-order chi connectivity index (χ1) is 10.2. The summed E-state index contributed by atoms with van der Waals surface area (Å²) in [5, 5.41) is 12.4. The van der Waals surface area contributed by atoms with Crippen molar-refractivity contribution in [3.05, 3.63) is 36.2 Å². The van der Waals surface area contributed by atoms with Crippen LogP contribution in [0.2, 0.25) is 0 Å². The lowest BCUT2D eigenvalue weighted by Crippen LogP contribution is -2.23. The van der Waals surface area contributed by atoms with E-state index in [-0.39, 0.29) is 17.6 Å². The monoisotopic (exact) mass is 305 g/mol. The molecule has 0 aliphatic carbocycles. The second kappa shape index (κ2) is 7.44. The van der Waals surface area contributed by atoms with Gasteiger partial charge in [0, 0.05) is 17.8 Å². The molecule has 0 saturated heterocycles. The third-order valence-corrected chi connectivity index (χ3v) is 3.36. The minimum Gasteiger partial charge on any atom is -0.352 e. The Kier molecular flexibility index (Phi) is 5.33. The predicted molar refractivity (Wildman–Crippen MR) is 80.2 cm³/mol. The second-order valence-corrected chi connectivity index (χ2v) is 5.03. The third-order valence-electron chi connectivity index (χ3n) is 2.48. The number of hydrogen-bond donors (Lipinski definition) is 3. The number of rotatable bonds is 6. The quantitative estimate of drug-likeness (QED) is 0.698. The highest BCUT2D eigenvalue weighted by Gasteiger charge is 2.08. The van der Waals surface area contributed by atoms with E-state index < -0.39 is 0 Å². The number of nitrogens with zero attached hydrogens (tertiary/aromatic N) is 2. The summed E-state index contributed by atoms with van der Waals surface area (Å²) in [7, 11) is 0. The molecule has 1 aromatic carbocycles. The van der Waals surface area contributed by atoms with Crippen LogP contribution in [0.3, 0.4) is 0 Å². The number of carbonyl (C=O) groups is 2.